The van der Waals surface area contributed by atoms with Gasteiger partial charge in [0.2, 0.25) is 0 Å². The zero-order valence-electron chi connectivity index (χ0n) is 17.5. The van der Waals surface area contributed by atoms with Crippen molar-refractivity contribution < 1.29 is 4.39 Å². The zero-order valence-corrected chi connectivity index (χ0v) is 18.3. The zero-order chi connectivity index (χ0) is 21.1. The summed E-state index contributed by atoms with van der Waals surface area (Å²) in [6, 6.07) is 9.60. The van der Waals surface area contributed by atoms with Crippen molar-refractivity contribution in [3.05, 3.63) is 58.5 Å². The lowest BCUT2D eigenvalue weighted by molar-refractivity contribution is 0.459. The second-order valence-electron chi connectivity index (χ2n) is 8.15. The molecule has 4 rings (SSSR count). The minimum absolute atomic E-state index is 0.0945. The van der Waals surface area contributed by atoms with Crippen molar-refractivity contribution in [2.75, 3.05) is 24.5 Å². The molecular weight excluding hydrogens is 401 g/mol. The molecule has 1 aromatic heterocycles. The molecule has 0 bridgehead atoms. The lowest BCUT2D eigenvalue weighted by Gasteiger charge is -2.34. The number of aromatic nitrogens is 1. The van der Waals surface area contributed by atoms with Gasteiger partial charge in [0.05, 0.1) is 0 Å². The van der Waals surface area contributed by atoms with Crippen molar-refractivity contribution in [3.8, 4) is 0 Å². The van der Waals surface area contributed by atoms with Crippen LogP contribution in [0.5, 0.6) is 0 Å². The number of rotatable bonds is 5. The van der Waals surface area contributed by atoms with Crippen LogP contribution in [0.1, 0.15) is 43.2 Å². The number of nitrogens with zero attached hydrogens (tertiary/aromatic N) is 3. The Bertz CT molecular complexity index is 873. The highest BCUT2D eigenvalue weighted by molar-refractivity contribution is 6.31. The van der Waals surface area contributed by atoms with Crippen LogP contribution >= 0.6 is 11.6 Å². The van der Waals surface area contributed by atoms with Crippen molar-refractivity contribution >= 4 is 23.4 Å². The lowest BCUT2D eigenvalue weighted by Crippen LogP contribution is -2.49. The highest BCUT2D eigenvalue weighted by Gasteiger charge is 2.42. The Hall–Kier alpha value is -2.34. The summed E-state index contributed by atoms with van der Waals surface area (Å²) in [5, 5.41) is 7.56. The molecule has 1 aliphatic heterocycles. The highest BCUT2D eigenvalue weighted by atomic mass is 35.5. The smallest absolute Gasteiger partial charge is 0.191 e. The molecule has 1 saturated carbocycles. The van der Waals surface area contributed by atoms with Crippen molar-refractivity contribution in [2.45, 2.75) is 51.1 Å². The monoisotopic (exact) mass is 429 g/mol. The minimum atomic E-state index is -0.226. The van der Waals surface area contributed by atoms with Gasteiger partial charge in [0.25, 0.3) is 0 Å². The van der Waals surface area contributed by atoms with E-state index < -0.39 is 0 Å². The molecule has 2 heterocycles. The van der Waals surface area contributed by atoms with E-state index in [1.54, 1.807) is 12.1 Å². The first kappa shape index (κ1) is 20.9. The number of nitrogens with one attached hydrogen (secondary N) is 2. The van der Waals surface area contributed by atoms with Gasteiger partial charge in [-0.05, 0) is 56.9 Å². The molecule has 2 fully saturated rings. The molecule has 0 amide bonds. The number of aliphatic imine (C=N–C) groups is 1. The van der Waals surface area contributed by atoms with Gasteiger partial charge in [-0.1, -0.05) is 23.7 Å². The fourth-order valence-corrected chi connectivity index (χ4v) is 4.40. The first-order valence-electron chi connectivity index (χ1n) is 10.7. The Morgan fingerprint density at radius 1 is 1.23 bits per heavy atom. The summed E-state index contributed by atoms with van der Waals surface area (Å²) in [4.78, 5) is 11.5. The van der Waals surface area contributed by atoms with Gasteiger partial charge in [0, 0.05) is 54.4 Å². The summed E-state index contributed by atoms with van der Waals surface area (Å²) in [5.74, 6) is 1.72. The standard InChI is InChI=1S/C23H29ClFN5/c1-3-26-23(29-20-13-17(20)22-18(24)5-4-6-19(22)25)28-16-9-11-30(12-10-16)21-8-7-15(2)14-27-21/h4-8,14,16-17,20H,3,9-13H2,1-2H3,(H2,26,28,29). The van der Waals surface area contributed by atoms with E-state index in [0.29, 0.717) is 23.2 Å². The van der Waals surface area contributed by atoms with Gasteiger partial charge in [0.1, 0.15) is 11.6 Å². The fraction of sp³-hybridized carbons (Fsp3) is 0.478. The molecule has 2 aliphatic rings. The number of hydrogen-bond donors (Lipinski definition) is 2. The van der Waals surface area contributed by atoms with Gasteiger partial charge in [-0.3, -0.25) is 4.99 Å². The van der Waals surface area contributed by atoms with E-state index in [0.717, 1.165) is 44.1 Å². The molecule has 1 saturated heterocycles. The maximum absolute atomic E-state index is 14.2. The third-order valence-corrected chi connectivity index (χ3v) is 6.18. The Morgan fingerprint density at radius 2 is 2.03 bits per heavy atom. The van der Waals surface area contributed by atoms with E-state index in [2.05, 4.69) is 44.6 Å². The second-order valence-corrected chi connectivity index (χ2v) is 8.56. The number of anilines is 1. The topological polar surface area (TPSA) is 52.6 Å². The molecular formula is C23H29ClFN5. The molecule has 2 aromatic rings. The van der Waals surface area contributed by atoms with Crippen LogP contribution in [0.2, 0.25) is 5.02 Å². The number of hydrogen-bond acceptors (Lipinski definition) is 3. The van der Waals surface area contributed by atoms with E-state index >= 15 is 0 Å². The molecule has 2 atom stereocenters. The third-order valence-electron chi connectivity index (χ3n) is 5.85. The molecule has 1 aliphatic carbocycles. The molecule has 0 spiro atoms. The average molecular weight is 430 g/mol. The number of pyridine rings is 1. The quantitative estimate of drug-likeness (QED) is 0.550. The van der Waals surface area contributed by atoms with Gasteiger partial charge in [-0.25, -0.2) is 9.37 Å². The molecule has 2 N–H and O–H groups in total. The van der Waals surface area contributed by atoms with Crippen LogP contribution in [0.15, 0.2) is 41.5 Å². The van der Waals surface area contributed by atoms with Crippen LogP contribution in [-0.4, -0.2) is 42.7 Å². The maximum atomic E-state index is 14.2. The Morgan fingerprint density at radius 3 is 2.70 bits per heavy atom. The summed E-state index contributed by atoms with van der Waals surface area (Å²) in [6.45, 7) is 6.69. The number of guanidine groups is 1. The van der Waals surface area contributed by atoms with Crippen molar-refractivity contribution in [2.24, 2.45) is 4.99 Å². The maximum Gasteiger partial charge on any atom is 0.191 e. The molecule has 2 unspecified atom stereocenters. The normalized spacial score (nSPS) is 22.1. The largest absolute Gasteiger partial charge is 0.356 e. The van der Waals surface area contributed by atoms with Crippen LogP contribution < -0.4 is 15.5 Å². The second kappa shape index (κ2) is 9.21. The Balaban J connectivity index is 1.31. The van der Waals surface area contributed by atoms with Gasteiger partial charge in [-0.15, -0.1) is 0 Å². The Labute approximate surface area is 182 Å². The first-order valence-corrected chi connectivity index (χ1v) is 11.1. The van der Waals surface area contributed by atoms with Crippen LogP contribution in [0.3, 0.4) is 0 Å². The molecule has 160 valence electrons. The van der Waals surface area contributed by atoms with E-state index in [1.807, 2.05) is 13.1 Å². The fourth-order valence-electron chi connectivity index (χ4n) is 4.10. The Kier molecular flexibility index (Phi) is 6.42. The lowest BCUT2D eigenvalue weighted by atomic mass is 10.1. The van der Waals surface area contributed by atoms with Gasteiger partial charge >= 0.3 is 0 Å². The van der Waals surface area contributed by atoms with Crippen LogP contribution in [0.4, 0.5) is 10.2 Å². The van der Waals surface area contributed by atoms with E-state index in [-0.39, 0.29) is 17.8 Å². The number of halogens is 2. The van der Waals surface area contributed by atoms with E-state index in [9.17, 15) is 4.39 Å². The molecule has 5 nitrogen and oxygen atoms in total. The number of benzene rings is 1. The SMILES string of the molecule is CCN=C(NC1CCN(c2ccc(C)cn2)CC1)NC1CC1c1c(F)cccc1Cl. The highest BCUT2D eigenvalue weighted by Crippen LogP contribution is 2.44. The summed E-state index contributed by atoms with van der Waals surface area (Å²) >= 11 is 6.23. The average Bonchev–Trinajstić information content (AvgIpc) is 3.48. The molecule has 1 aromatic carbocycles. The van der Waals surface area contributed by atoms with E-state index in [1.165, 1.54) is 11.6 Å². The van der Waals surface area contributed by atoms with Crippen molar-refractivity contribution in [3.63, 3.8) is 0 Å². The van der Waals surface area contributed by atoms with Crippen LogP contribution in [0, 0.1) is 12.7 Å². The van der Waals surface area contributed by atoms with Crippen molar-refractivity contribution in [1.82, 2.24) is 15.6 Å². The van der Waals surface area contributed by atoms with Gasteiger partial charge < -0.3 is 15.5 Å². The summed E-state index contributed by atoms with van der Waals surface area (Å²) in [6.07, 6.45) is 4.83. The van der Waals surface area contributed by atoms with Crippen molar-refractivity contribution in [1.29, 1.82) is 0 Å². The predicted octanol–water partition coefficient (Wildman–Crippen LogP) is 4.26. The summed E-state index contributed by atoms with van der Waals surface area (Å²) < 4.78 is 14.2. The summed E-state index contributed by atoms with van der Waals surface area (Å²) in [7, 11) is 0. The number of piperidine rings is 1. The molecule has 30 heavy (non-hydrogen) atoms. The third kappa shape index (κ3) is 4.86. The van der Waals surface area contributed by atoms with Gasteiger partial charge in [-0.2, -0.15) is 0 Å². The predicted molar refractivity (Wildman–Crippen MR) is 121 cm³/mol. The number of aryl methyl sites for hydroxylation is 1. The molecule has 7 heteroatoms. The van der Waals surface area contributed by atoms with E-state index in [4.69, 9.17) is 11.6 Å². The van der Waals surface area contributed by atoms with Crippen LogP contribution in [0.25, 0.3) is 0 Å². The summed E-state index contributed by atoms with van der Waals surface area (Å²) in [5.41, 5.74) is 1.79. The first-order chi connectivity index (χ1) is 14.5. The van der Waals surface area contributed by atoms with Gasteiger partial charge in [0.15, 0.2) is 5.96 Å². The van der Waals surface area contributed by atoms with Crippen LogP contribution in [-0.2, 0) is 0 Å². The molecule has 0 radical (unpaired) electrons. The minimum Gasteiger partial charge on any atom is -0.356 e.